The predicted octanol–water partition coefficient (Wildman–Crippen LogP) is 3.33. The Kier molecular flexibility index (Phi) is 3.50. The number of rotatable bonds is 3. The first-order valence-corrected chi connectivity index (χ1v) is 7.12. The SMILES string of the molecule is CC(Nc1cc2[nH]c(=O)[nH]c2cc1Br)c1ccc(F)cn1. The summed E-state index contributed by atoms with van der Waals surface area (Å²) in [7, 11) is 0. The summed E-state index contributed by atoms with van der Waals surface area (Å²) in [5, 5.41) is 3.28. The van der Waals surface area contributed by atoms with Crippen LogP contribution in [0.4, 0.5) is 10.1 Å². The van der Waals surface area contributed by atoms with Crippen LogP contribution in [0.2, 0.25) is 0 Å². The molecule has 0 bridgehead atoms. The number of aromatic amines is 2. The zero-order valence-electron chi connectivity index (χ0n) is 11.1. The minimum atomic E-state index is -0.363. The molecule has 0 saturated heterocycles. The van der Waals surface area contributed by atoms with E-state index in [1.807, 2.05) is 19.1 Å². The molecule has 0 spiro atoms. The summed E-state index contributed by atoms with van der Waals surface area (Å²) < 4.78 is 13.7. The van der Waals surface area contributed by atoms with E-state index in [4.69, 9.17) is 0 Å². The molecule has 1 aromatic carbocycles. The number of benzene rings is 1. The van der Waals surface area contributed by atoms with Gasteiger partial charge in [0.15, 0.2) is 0 Å². The van der Waals surface area contributed by atoms with Crippen molar-refractivity contribution in [1.29, 1.82) is 0 Å². The Labute approximate surface area is 127 Å². The number of aromatic nitrogens is 3. The lowest BCUT2D eigenvalue weighted by atomic mass is 10.2. The van der Waals surface area contributed by atoms with Crippen LogP contribution in [-0.2, 0) is 0 Å². The van der Waals surface area contributed by atoms with Crippen molar-refractivity contribution in [3.63, 3.8) is 0 Å². The maximum Gasteiger partial charge on any atom is 0.323 e. The van der Waals surface area contributed by atoms with Crippen molar-refractivity contribution in [2.24, 2.45) is 0 Å². The van der Waals surface area contributed by atoms with Crippen LogP contribution in [0, 0.1) is 5.82 Å². The van der Waals surface area contributed by atoms with Crippen LogP contribution in [0.15, 0.2) is 39.7 Å². The number of fused-ring (bicyclic) bond motifs is 1. The van der Waals surface area contributed by atoms with E-state index in [1.165, 1.54) is 12.3 Å². The Morgan fingerprint density at radius 2 is 2.00 bits per heavy atom. The molecule has 2 heterocycles. The lowest BCUT2D eigenvalue weighted by Gasteiger charge is -2.16. The second kappa shape index (κ2) is 5.33. The van der Waals surface area contributed by atoms with Gasteiger partial charge in [-0.3, -0.25) is 4.98 Å². The molecule has 5 nitrogen and oxygen atoms in total. The van der Waals surface area contributed by atoms with Crippen molar-refractivity contribution in [1.82, 2.24) is 15.0 Å². The quantitative estimate of drug-likeness (QED) is 0.678. The lowest BCUT2D eigenvalue weighted by Crippen LogP contribution is -2.09. The maximum absolute atomic E-state index is 12.9. The molecule has 3 N–H and O–H groups in total. The number of hydrogen-bond acceptors (Lipinski definition) is 3. The van der Waals surface area contributed by atoms with Gasteiger partial charge in [-0.2, -0.15) is 0 Å². The van der Waals surface area contributed by atoms with Crippen molar-refractivity contribution in [2.45, 2.75) is 13.0 Å². The number of hydrogen-bond donors (Lipinski definition) is 3. The minimum absolute atomic E-state index is 0.106. The third-order valence-corrected chi connectivity index (χ3v) is 3.83. The van der Waals surface area contributed by atoms with E-state index in [9.17, 15) is 9.18 Å². The molecule has 0 radical (unpaired) electrons. The Bertz CT molecular complexity index is 840. The molecule has 2 aromatic heterocycles. The van der Waals surface area contributed by atoms with Gasteiger partial charge in [-0.25, -0.2) is 9.18 Å². The van der Waals surface area contributed by atoms with Crippen LogP contribution in [0.1, 0.15) is 18.7 Å². The number of nitrogens with one attached hydrogen (secondary N) is 3. The van der Waals surface area contributed by atoms with E-state index in [-0.39, 0.29) is 17.5 Å². The number of imidazole rings is 1. The molecule has 1 atom stereocenters. The van der Waals surface area contributed by atoms with Crippen LogP contribution in [0.3, 0.4) is 0 Å². The average molecular weight is 351 g/mol. The summed E-state index contributed by atoms with van der Waals surface area (Å²) in [5.74, 6) is -0.363. The summed E-state index contributed by atoms with van der Waals surface area (Å²) in [6.45, 7) is 1.93. The van der Waals surface area contributed by atoms with Crippen molar-refractivity contribution in [2.75, 3.05) is 5.32 Å². The zero-order valence-corrected chi connectivity index (χ0v) is 12.7. The zero-order chi connectivity index (χ0) is 15.0. The monoisotopic (exact) mass is 350 g/mol. The first-order valence-electron chi connectivity index (χ1n) is 6.32. The summed E-state index contributed by atoms with van der Waals surface area (Å²) in [6, 6.07) is 6.56. The van der Waals surface area contributed by atoms with Crippen molar-refractivity contribution >= 4 is 32.7 Å². The van der Waals surface area contributed by atoms with Crippen LogP contribution < -0.4 is 11.0 Å². The molecule has 21 heavy (non-hydrogen) atoms. The molecule has 108 valence electrons. The van der Waals surface area contributed by atoms with E-state index in [0.29, 0.717) is 5.52 Å². The van der Waals surface area contributed by atoms with Gasteiger partial charge in [-0.15, -0.1) is 0 Å². The molecule has 0 aliphatic heterocycles. The largest absolute Gasteiger partial charge is 0.376 e. The van der Waals surface area contributed by atoms with Gasteiger partial charge in [-0.1, -0.05) is 0 Å². The van der Waals surface area contributed by atoms with Crippen molar-refractivity contribution in [3.05, 3.63) is 56.9 Å². The number of halogens is 2. The predicted molar refractivity (Wildman–Crippen MR) is 82.9 cm³/mol. The standard InChI is InChI=1S/C14H12BrFN4O/c1-7(10-3-2-8(16)6-17-10)18-11-5-13-12(4-9(11)15)19-14(21)20-13/h2-7,18H,1H3,(H2,19,20,21). The Morgan fingerprint density at radius 1 is 1.29 bits per heavy atom. The van der Waals surface area contributed by atoms with Gasteiger partial charge in [0, 0.05) is 4.47 Å². The van der Waals surface area contributed by atoms with Gasteiger partial charge >= 0.3 is 5.69 Å². The number of nitrogens with zero attached hydrogens (tertiary/aromatic N) is 1. The lowest BCUT2D eigenvalue weighted by molar-refractivity contribution is 0.617. The fourth-order valence-electron chi connectivity index (χ4n) is 2.12. The second-order valence-electron chi connectivity index (χ2n) is 4.72. The number of anilines is 1. The Hall–Kier alpha value is -2.15. The van der Waals surface area contributed by atoms with E-state index in [1.54, 1.807) is 6.07 Å². The summed E-state index contributed by atoms with van der Waals surface area (Å²) in [6.07, 6.45) is 1.19. The van der Waals surface area contributed by atoms with Gasteiger partial charge in [0.1, 0.15) is 5.82 Å². The van der Waals surface area contributed by atoms with Crippen molar-refractivity contribution in [3.8, 4) is 0 Å². The molecule has 0 saturated carbocycles. The number of H-pyrrole nitrogens is 2. The van der Waals surface area contributed by atoms with Gasteiger partial charge in [0.25, 0.3) is 0 Å². The van der Waals surface area contributed by atoms with Gasteiger partial charge in [0.2, 0.25) is 0 Å². The molecule has 0 amide bonds. The number of pyridine rings is 1. The van der Waals surface area contributed by atoms with Crippen LogP contribution in [0.5, 0.6) is 0 Å². The molecule has 3 rings (SSSR count). The molecule has 0 aliphatic carbocycles. The Morgan fingerprint density at radius 3 is 2.67 bits per heavy atom. The van der Waals surface area contributed by atoms with Gasteiger partial charge < -0.3 is 15.3 Å². The smallest absolute Gasteiger partial charge is 0.323 e. The third-order valence-electron chi connectivity index (χ3n) is 3.17. The van der Waals surface area contributed by atoms with E-state index < -0.39 is 0 Å². The molecule has 3 aromatic rings. The van der Waals surface area contributed by atoms with E-state index in [2.05, 4.69) is 36.2 Å². The summed E-state index contributed by atoms with van der Waals surface area (Å²) in [4.78, 5) is 20.8. The maximum atomic E-state index is 12.9. The normalized spacial score (nSPS) is 12.5. The average Bonchev–Trinajstić information content (AvgIpc) is 2.79. The first kappa shape index (κ1) is 13.8. The van der Waals surface area contributed by atoms with E-state index in [0.717, 1.165) is 21.4 Å². The van der Waals surface area contributed by atoms with Gasteiger partial charge in [-0.05, 0) is 47.1 Å². The van der Waals surface area contributed by atoms with Crippen LogP contribution in [-0.4, -0.2) is 15.0 Å². The molecular formula is C14H12BrFN4O. The molecular weight excluding hydrogens is 339 g/mol. The van der Waals surface area contributed by atoms with Crippen LogP contribution >= 0.6 is 15.9 Å². The van der Waals surface area contributed by atoms with Crippen LogP contribution in [0.25, 0.3) is 11.0 Å². The molecule has 0 aliphatic rings. The second-order valence-corrected chi connectivity index (χ2v) is 5.58. The highest BCUT2D eigenvalue weighted by Gasteiger charge is 2.11. The molecule has 7 heteroatoms. The Balaban J connectivity index is 1.91. The fraction of sp³-hybridized carbons (Fsp3) is 0.143. The van der Waals surface area contributed by atoms with Gasteiger partial charge in [0.05, 0.1) is 34.7 Å². The first-order chi connectivity index (χ1) is 10.0. The molecule has 0 fully saturated rings. The minimum Gasteiger partial charge on any atom is -0.376 e. The molecule has 1 unspecified atom stereocenters. The highest BCUT2D eigenvalue weighted by Crippen LogP contribution is 2.29. The summed E-state index contributed by atoms with van der Waals surface area (Å²) in [5.41, 5.74) is 2.74. The van der Waals surface area contributed by atoms with Crippen molar-refractivity contribution < 1.29 is 4.39 Å². The summed E-state index contributed by atoms with van der Waals surface area (Å²) >= 11 is 3.46. The fourth-order valence-corrected chi connectivity index (χ4v) is 2.58. The third kappa shape index (κ3) is 2.82. The topological polar surface area (TPSA) is 73.6 Å². The highest BCUT2D eigenvalue weighted by molar-refractivity contribution is 9.10. The highest BCUT2D eigenvalue weighted by atomic mass is 79.9. The van der Waals surface area contributed by atoms with E-state index >= 15 is 0 Å².